The predicted octanol–water partition coefficient (Wildman–Crippen LogP) is 3.19. The minimum Gasteiger partial charge on any atom is -0.461 e. The molecule has 1 N–H and O–H groups in total. The summed E-state index contributed by atoms with van der Waals surface area (Å²) in [6.45, 7) is 8.06. The van der Waals surface area contributed by atoms with Crippen LogP contribution in [0.4, 0.5) is 0 Å². The zero-order valence-corrected chi connectivity index (χ0v) is 13.4. The lowest BCUT2D eigenvalue weighted by atomic mass is 10.3. The lowest BCUT2D eigenvalue weighted by Crippen LogP contribution is -2.13. The predicted molar refractivity (Wildman–Crippen MR) is 83.4 cm³/mol. The van der Waals surface area contributed by atoms with E-state index in [4.69, 9.17) is 9.47 Å². The Kier molecular flexibility index (Phi) is 6.95. The van der Waals surface area contributed by atoms with Crippen LogP contribution in [-0.4, -0.2) is 34.7 Å². The molecular formula is C16H22N2O4. The summed E-state index contributed by atoms with van der Waals surface area (Å²) in [7, 11) is 0. The van der Waals surface area contributed by atoms with Crippen LogP contribution in [0.2, 0.25) is 0 Å². The van der Waals surface area contributed by atoms with Crippen LogP contribution in [0.5, 0.6) is 0 Å². The lowest BCUT2D eigenvalue weighted by Gasteiger charge is -2.09. The standard InChI is InChI=1S/C14H16N2O4.C2H6/c1-3-19-13(17)11-6-5-9-16(11)10-7-8-15-12(10)14(18)20-4-2;1-2/h5-9,15H,3-4H2,1-2H3;1-2H3. The van der Waals surface area contributed by atoms with E-state index in [1.54, 1.807) is 49.0 Å². The SMILES string of the molecule is CC.CCOC(=O)c1[nH]ccc1-n1cccc1C(=O)OCC. The number of aromatic amines is 1. The van der Waals surface area contributed by atoms with Gasteiger partial charge >= 0.3 is 11.9 Å². The highest BCUT2D eigenvalue weighted by atomic mass is 16.5. The summed E-state index contributed by atoms with van der Waals surface area (Å²) in [5.74, 6) is -0.899. The number of nitrogens with zero attached hydrogens (tertiary/aromatic N) is 1. The number of H-pyrrole nitrogens is 1. The molecule has 0 saturated heterocycles. The Morgan fingerprint density at radius 2 is 1.73 bits per heavy atom. The molecule has 0 aromatic carbocycles. The molecule has 2 aromatic rings. The van der Waals surface area contributed by atoms with Crippen LogP contribution in [0.1, 0.15) is 48.7 Å². The number of rotatable bonds is 5. The fraction of sp³-hybridized carbons (Fsp3) is 0.375. The Balaban J connectivity index is 0.00000116. The van der Waals surface area contributed by atoms with Crippen LogP contribution < -0.4 is 0 Å². The van der Waals surface area contributed by atoms with E-state index in [2.05, 4.69) is 4.98 Å². The van der Waals surface area contributed by atoms with Crippen molar-refractivity contribution in [1.29, 1.82) is 0 Å². The molecule has 0 aliphatic heterocycles. The molecule has 22 heavy (non-hydrogen) atoms. The Bertz CT molecular complexity index is 559. The van der Waals surface area contributed by atoms with Gasteiger partial charge in [0, 0.05) is 12.4 Å². The van der Waals surface area contributed by atoms with Gasteiger partial charge in [-0.15, -0.1) is 0 Å². The zero-order valence-electron chi connectivity index (χ0n) is 13.4. The first-order valence-electron chi connectivity index (χ1n) is 7.38. The van der Waals surface area contributed by atoms with Crippen molar-refractivity contribution in [3.8, 4) is 5.69 Å². The number of hydrogen-bond acceptors (Lipinski definition) is 4. The molecule has 120 valence electrons. The maximum Gasteiger partial charge on any atom is 0.356 e. The Hall–Kier alpha value is -2.50. The van der Waals surface area contributed by atoms with E-state index in [1.807, 2.05) is 13.8 Å². The highest BCUT2D eigenvalue weighted by molar-refractivity contribution is 5.93. The molecule has 0 fully saturated rings. The van der Waals surface area contributed by atoms with Gasteiger partial charge in [-0.25, -0.2) is 9.59 Å². The van der Waals surface area contributed by atoms with Crippen molar-refractivity contribution in [2.75, 3.05) is 13.2 Å². The van der Waals surface area contributed by atoms with Crippen LogP contribution >= 0.6 is 0 Å². The van der Waals surface area contributed by atoms with Gasteiger partial charge < -0.3 is 19.0 Å². The molecular weight excluding hydrogens is 284 g/mol. The summed E-state index contributed by atoms with van der Waals surface area (Å²) in [6.07, 6.45) is 3.31. The molecule has 0 aliphatic rings. The van der Waals surface area contributed by atoms with E-state index in [0.717, 1.165) is 0 Å². The summed E-state index contributed by atoms with van der Waals surface area (Å²) < 4.78 is 11.6. The minimum absolute atomic E-state index is 0.285. The van der Waals surface area contributed by atoms with E-state index >= 15 is 0 Å². The fourth-order valence-corrected chi connectivity index (χ4v) is 1.89. The van der Waals surface area contributed by atoms with Crippen molar-refractivity contribution in [2.24, 2.45) is 0 Å². The summed E-state index contributed by atoms with van der Waals surface area (Å²) in [5, 5.41) is 0. The molecule has 0 bridgehead atoms. The third-order valence-corrected chi connectivity index (χ3v) is 2.70. The van der Waals surface area contributed by atoms with Gasteiger partial charge in [0.1, 0.15) is 11.4 Å². The van der Waals surface area contributed by atoms with Gasteiger partial charge in [0.25, 0.3) is 0 Å². The van der Waals surface area contributed by atoms with Crippen molar-refractivity contribution >= 4 is 11.9 Å². The number of esters is 2. The molecule has 2 aromatic heterocycles. The summed E-state index contributed by atoms with van der Waals surface area (Å²) in [6, 6.07) is 5.06. The number of carbonyl (C=O) groups excluding carboxylic acids is 2. The average molecular weight is 306 g/mol. The van der Waals surface area contributed by atoms with Gasteiger partial charge in [-0.05, 0) is 32.0 Å². The monoisotopic (exact) mass is 306 g/mol. The Morgan fingerprint density at radius 1 is 1.09 bits per heavy atom. The van der Waals surface area contributed by atoms with E-state index in [-0.39, 0.29) is 6.61 Å². The molecule has 0 aliphatic carbocycles. The smallest absolute Gasteiger partial charge is 0.356 e. The molecule has 2 heterocycles. The Labute approximate surface area is 130 Å². The van der Waals surface area contributed by atoms with E-state index in [9.17, 15) is 9.59 Å². The molecule has 0 radical (unpaired) electrons. The second-order valence-corrected chi connectivity index (χ2v) is 3.94. The highest BCUT2D eigenvalue weighted by Crippen LogP contribution is 2.18. The third kappa shape index (κ3) is 3.78. The van der Waals surface area contributed by atoms with E-state index < -0.39 is 11.9 Å². The van der Waals surface area contributed by atoms with E-state index in [0.29, 0.717) is 23.7 Å². The minimum atomic E-state index is -0.462. The maximum absolute atomic E-state index is 11.9. The van der Waals surface area contributed by atoms with Crippen LogP contribution in [0.3, 0.4) is 0 Å². The number of carbonyl (C=O) groups is 2. The largest absolute Gasteiger partial charge is 0.461 e. The van der Waals surface area contributed by atoms with Gasteiger partial charge in [-0.1, -0.05) is 13.8 Å². The topological polar surface area (TPSA) is 73.3 Å². The molecule has 2 rings (SSSR count). The zero-order chi connectivity index (χ0) is 16.5. The summed E-state index contributed by atoms with van der Waals surface area (Å²) >= 11 is 0. The average Bonchev–Trinajstić information content (AvgIpc) is 3.18. The molecule has 6 nitrogen and oxygen atoms in total. The fourth-order valence-electron chi connectivity index (χ4n) is 1.89. The second-order valence-electron chi connectivity index (χ2n) is 3.94. The van der Waals surface area contributed by atoms with Crippen LogP contribution in [0.25, 0.3) is 5.69 Å². The first-order valence-corrected chi connectivity index (χ1v) is 7.38. The normalized spacial score (nSPS) is 9.64. The first kappa shape index (κ1) is 17.6. The van der Waals surface area contributed by atoms with Crippen molar-refractivity contribution < 1.29 is 19.1 Å². The first-order chi connectivity index (χ1) is 10.7. The van der Waals surface area contributed by atoms with Crippen LogP contribution in [0, 0.1) is 0 Å². The quantitative estimate of drug-likeness (QED) is 0.861. The molecule has 0 saturated carbocycles. The van der Waals surface area contributed by atoms with Crippen molar-refractivity contribution in [3.63, 3.8) is 0 Å². The molecule has 0 amide bonds. The number of hydrogen-bond donors (Lipinski definition) is 1. The van der Waals surface area contributed by atoms with Gasteiger partial charge in [0.05, 0.1) is 18.9 Å². The number of ether oxygens (including phenoxy) is 2. The maximum atomic E-state index is 11.9. The second kappa shape index (κ2) is 8.71. The van der Waals surface area contributed by atoms with Crippen molar-refractivity contribution in [2.45, 2.75) is 27.7 Å². The van der Waals surface area contributed by atoms with Crippen LogP contribution in [0.15, 0.2) is 30.6 Å². The van der Waals surface area contributed by atoms with Crippen molar-refractivity contribution in [1.82, 2.24) is 9.55 Å². The molecule has 0 unspecified atom stereocenters. The number of aromatic nitrogens is 2. The van der Waals surface area contributed by atoms with E-state index in [1.165, 1.54) is 0 Å². The third-order valence-electron chi connectivity index (χ3n) is 2.70. The molecule has 0 spiro atoms. The van der Waals surface area contributed by atoms with Gasteiger partial charge in [0.2, 0.25) is 0 Å². The number of nitrogens with one attached hydrogen (secondary N) is 1. The molecule has 0 atom stereocenters. The van der Waals surface area contributed by atoms with Crippen molar-refractivity contribution in [3.05, 3.63) is 42.0 Å². The lowest BCUT2D eigenvalue weighted by molar-refractivity contribution is 0.0503. The summed E-state index contributed by atoms with van der Waals surface area (Å²) in [5.41, 5.74) is 1.21. The Morgan fingerprint density at radius 3 is 2.36 bits per heavy atom. The van der Waals surface area contributed by atoms with Gasteiger partial charge in [0.15, 0.2) is 0 Å². The van der Waals surface area contributed by atoms with Crippen LogP contribution in [-0.2, 0) is 9.47 Å². The van der Waals surface area contributed by atoms with Gasteiger partial charge in [-0.3, -0.25) is 0 Å². The summed E-state index contributed by atoms with van der Waals surface area (Å²) in [4.78, 5) is 26.5. The highest BCUT2D eigenvalue weighted by Gasteiger charge is 2.19. The molecule has 6 heteroatoms. The van der Waals surface area contributed by atoms with Gasteiger partial charge in [-0.2, -0.15) is 0 Å².